The molecule has 0 fully saturated rings. The molecule has 10 heavy (non-hydrogen) atoms. The molecule has 0 heteroatoms. The second-order valence-electron chi connectivity index (χ2n) is 2.74. The van der Waals surface area contributed by atoms with Crippen LogP contribution in [0, 0.1) is 5.92 Å². The Morgan fingerprint density at radius 2 is 2.00 bits per heavy atom. The van der Waals surface area contributed by atoms with Crippen LogP contribution in [0.4, 0.5) is 0 Å². The van der Waals surface area contributed by atoms with Crippen molar-refractivity contribution in [1.82, 2.24) is 0 Å². The van der Waals surface area contributed by atoms with Gasteiger partial charge >= 0.3 is 0 Å². The van der Waals surface area contributed by atoms with E-state index in [1.165, 1.54) is 5.57 Å². The van der Waals surface area contributed by atoms with Gasteiger partial charge in [-0.3, -0.25) is 0 Å². The molecule has 0 saturated carbocycles. The van der Waals surface area contributed by atoms with E-state index in [-0.39, 0.29) is 0 Å². The maximum Gasteiger partial charge on any atom is -0.0287 e. The third kappa shape index (κ3) is 5.36. The molecule has 56 valence electrons. The highest BCUT2D eigenvalue weighted by Crippen LogP contribution is 1.97. The van der Waals surface area contributed by atoms with Crippen LogP contribution in [0.3, 0.4) is 0 Å². The minimum atomic E-state index is 0.633. The molecule has 0 aromatic heterocycles. The van der Waals surface area contributed by atoms with E-state index in [0.717, 1.165) is 0 Å². The quantitative estimate of drug-likeness (QED) is 0.522. The molecule has 0 rings (SSSR count). The second kappa shape index (κ2) is 5.04. The molecule has 0 spiro atoms. The van der Waals surface area contributed by atoms with Crippen molar-refractivity contribution in [3.63, 3.8) is 0 Å². The normalized spacial score (nSPS) is 13.0. The lowest BCUT2D eigenvalue weighted by Crippen LogP contribution is -1.75. The van der Waals surface area contributed by atoms with Crippen molar-refractivity contribution in [1.29, 1.82) is 0 Å². The maximum absolute atomic E-state index is 3.66. The summed E-state index contributed by atoms with van der Waals surface area (Å²) in [6.45, 7) is 10.0. The van der Waals surface area contributed by atoms with E-state index in [1.54, 1.807) is 0 Å². The molecule has 0 aromatic rings. The summed E-state index contributed by atoms with van der Waals surface area (Å²) in [5.74, 6) is 0.633. The van der Waals surface area contributed by atoms with Gasteiger partial charge in [0.2, 0.25) is 0 Å². The highest BCUT2D eigenvalue weighted by atomic mass is 13.9. The SMILES string of the molecule is C=C/C(C)=C\C=C\C(C)C. The summed E-state index contributed by atoms with van der Waals surface area (Å²) in [5, 5.41) is 0. The summed E-state index contributed by atoms with van der Waals surface area (Å²) >= 11 is 0. The first-order chi connectivity index (χ1) is 4.66. The smallest absolute Gasteiger partial charge is 0.0287 e. The summed E-state index contributed by atoms with van der Waals surface area (Å²) in [5.41, 5.74) is 1.21. The third-order valence-electron chi connectivity index (χ3n) is 1.18. The van der Waals surface area contributed by atoms with Gasteiger partial charge in [-0.1, -0.05) is 50.3 Å². The lowest BCUT2D eigenvalue weighted by molar-refractivity contribution is 0.832. The first-order valence-electron chi connectivity index (χ1n) is 3.64. The maximum atomic E-state index is 3.66. The highest BCUT2D eigenvalue weighted by molar-refractivity contribution is 5.19. The molecule has 0 nitrogen and oxygen atoms in total. The predicted molar refractivity (Wildman–Crippen MR) is 47.9 cm³/mol. The highest BCUT2D eigenvalue weighted by Gasteiger charge is 1.80. The van der Waals surface area contributed by atoms with Crippen LogP contribution in [0.1, 0.15) is 20.8 Å². The van der Waals surface area contributed by atoms with Gasteiger partial charge in [0.05, 0.1) is 0 Å². The lowest BCUT2D eigenvalue weighted by Gasteiger charge is -1.90. The van der Waals surface area contributed by atoms with Gasteiger partial charge in [0.1, 0.15) is 0 Å². The molecule has 0 amide bonds. The Kier molecular flexibility index (Phi) is 4.65. The molecule has 0 aliphatic carbocycles. The van der Waals surface area contributed by atoms with E-state index in [0.29, 0.717) is 5.92 Å². The summed E-state index contributed by atoms with van der Waals surface area (Å²) in [6.07, 6.45) is 8.15. The standard InChI is InChI=1S/C10H16/c1-5-10(4)8-6-7-9(2)3/h5-9H,1H2,2-4H3/b7-6+,10-8-. The van der Waals surface area contributed by atoms with Crippen LogP contribution in [-0.2, 0) is 0 Å². The van der Waals surface area contributed by atoms with Crippen molar-refractivity contribution >= 4 is 0 Å². The van der Waals surface area contributed by atoms with Crippen LogP contribution in [-0.4, -0.2) is 0 Å². The van der Waals surface area contributed by atoms with Crippen molar-refractivity contribution in [3.8, 4) is 0 Å². The zero-order valence-corrected chi connectivity index (χ0v) is 7.09. The first kappa shape index (κ1) is 9.22. The molecule has 0 heterocycles. The van der Waals surface area contributed by atoms with Crippen LogP contribution in [0.5, 0.6) is 0 Å². The van der Waals surface area contributed by atoms with Crippen molar-refractivity contribution in [2.75, 3.05) is 0 Å². The van der Waals surface area contributed by atoms with Crippen LogP contribution in [0.2, 0.25) is 0 Å². The number of rotatable bonds is 3. The third-order valence-corrected chi connectivity index (χ3v) is 1.18. The topological polar surface area (TPSA) is 0 Å². The summed E-state index contributed by atoms with van der Waals surface area (Å²) in [4.78, 5) is 0. The van der Waals surface area contributed by atoms with Crippen LogP contribution >= 0.6 is 0 Å². The molecule has 0 atom stereocenters. The van der Waals surface area contributed by atoms with Crippen molar-refractivity contribution < 1.29 is 0 Å². The molecule has 0 aliphatic rings. The monoisotopic (exact) mass is 136 g/mol. The lowest BCUT2D eigenvalue weighted by atomic mass is 10.2. The van der Waals surface area contributed by atoms with E-state index in [1.807, 2.05) is 13.0 Å². The average molecular weight is 136 g/mol. The molecular weight excluding hydrogens is 120 g/mol. The Balaban J connectivity index is 3.81. The van der Waals surface area contributed by atoms with E-state index < -0.39 is 0 Å². The summed E-state index contributed by atoms with van der Waals surface area (Å²) in [7, 11) is 0. The van der Waals surface area contributed by atoms with Gasteiger partial charge in [0.25, 0.3) is 0 Å². The number of allylic oxidation sites excluding steroid dienone is 5. The second-order valence-corrected chi connectivity index (χ2v) is 2.74. The average Bonchev–Trinajstić information content (AvgIpc) is 1.87. The van der Waals surface area contributed by atoms with E-state index >= 15 is 0 Å². The Morgan fingerprint density at radius 1 is 1.40 bits per heavy atom. The Morgan fingerprint density at radius 3 is 2.40 bits per heavy atom. The van der Waals surface area contributed by atoms with Crippen LogP contribution in [0.25, 0.3) is 0 Å². The Labute approximate surface area is 64.0 Å². The number of hydrogen-bond acceptors (Lipinski definition) is 0. The van der Waals surface area contributed by atoms with Gasteiger partial charge in [-0.15, -0.1) is 0 Å². The van der Waals surface area contributed by atoms with E-state index in [2.05, 4.69) is 38.7 Å². The van der Waals surface area contributed by atoms with Gasteiger partial charge in [-0.25, -0.2) is 0 Å². The fourth-order valence-corrected chi connectivity index (χ4v) is 0.498. The van der Waals surface area contributed by atoms with Crippen LogP contribution in [0.15, 0.2) is 36.5 Å². The molecule has 0 N–H and O–H groups in total. The molecule has 0 aromatic carbocycles. The molecular formula is C10H16. The zero-order chi connectivity index (χ0) is 7.98. The van der Waals surface area contributed by atoms with E-state index in [9.17, 15) is 0 Å². The molecule has 0 aliphatic heterocycles. The van der Waals surface area contributed by atoms with E-state index in [4.69, 9.17) is 0 Å². The van der Waals surface area contributed by atoms with Crippen LogP contribution < -0.4 is 0 Å². The molecule has 0 unspecified atom stereocenters. The van der Waals surface area contributed by atoms with Gasteiger partial charge in [0, 0.05) is 0 Å². The number of hydrogen-bond donors (Lipinski definition) is 0. The summed E-state index contributed by atoms with van der Waals surface area (Å²) in [6, 6.07) is 0. The first-order valence-corrected chi connectivity index (χ1v) is 3.64. The fourth-order valence-electron chi connectivity index (χ4n) is 0.498. The Hall–Kier alpha value is -0.780. The minimum absolute atomic E-state index is 0.633. The van der Waals surface area contributed by atoms with Gasteiger partial charge < -0.3 is 0 Å². The fraction of sp³-hybridized carbons (Fsp3) is 0.400. The largest absolute Gasteiger partial charge is 0.0988 e. The summed E-state index contributed by atoms with van der Waals surface area (Å²) < 4.78 is 0. The predicted octanol–water partition coefficient (Wildman–Crippen LogP) is 3.33. The van der Waals surface area contributed by atoms with Crippen molar-refractivity contribution in [2.45, 2.75) is 20.8 Å². The van der Waals surface area contributed by atoms with Gasteiger partial charge in [-0.2, -0.15) is 0 Å². The Bertz CT molecular complexity index is 147. The molecule has 0 bridgehead atoms. The zero-order valence-electron chi connectivity index (χ0n) is 7.09. The van der Waals surface area contributed by atoms with Gasteiger partial charge in [0.15, 0.2) is 0 Å². The minimum Gasteiger partial charge on any atom is -0.0988 e. The molecule has 0 saturated heterocycles. The van der Waals surface area contributed by atoms with Crippen molar-refractivity contribution in [3.05, 3.63) is 36.5 Å². The van der Waals surface area contributed by atoms with Gasteiger partial charge in [-0.05, 0) is 12.8 Å². The van der Waals surface area contributed by atoms with Crippen molar-refractivity contribution in [2.24, 2.45) is 5.92 Å². The molecule has 0 radical (unpaired) electrons.